The van der Waals surface area contributed by atoms with Gasteiger partial charge in [0, 0.05) is 11.9 Å². The fourth-order valence-electron chi connectivity index (χ4n) is 1.32. The van der Waals surface area contributed by atoms with E-state index in [1.165, 1.54) is 24.9 Å². The number of hydrogen-bond acceptors (Lipinski definition) is 6. The highest BCUT2D eigenvalue weighted by Gasteiger charge is 2.27. The van der Waals surface area contributed by atoms with Gasteiger partial charge < -0.3 is 9.84 Å². The first kappa shape index (κ1) is 10.9. The van der Waals surface area contributed by atoms with Crippen molar-refractivity contribution in [1.82, 2.24) is 4.98 Å². The van der Waals surface area contributed by atoms with Gasteiger partial charge in [-0.2, -0.15) is 0 Å². The van der Waals surface area contributed by atoms with Crippen LogP contribution in [0, 0.1) is 0 Å². The molecule has 1 aromatic rings. The van der Waals surface area contributed by atoms with Crippen LogP contribution >= 0.6 is 11.8 Å². The number of rotatable bonds is 2. The first-order valence-corrected chi connectivity index (χ1v) is 5.63. The van der Waals surface area contributed by atoms with E-state index in [0.29, 0.717) is 16.5 Å². The molecule has 1 aliphatic heterocycles. The first-order valence-electron chi connectivity index (χ1n) is 4.65. The molecular formula is C10H10N2O3S. The van der Waals surface area contributed by atoms with Gasteiger partial charge in [0.2, 0.25) is 0 Å². The summed E-state index contributed by atoms with van der Waals surface area (Å²) < 4.78 is 4.61. The summed E-state index contributed by atoms with van der Waals surface area (Å²) in [5, 5.41) is 10.2. The summed E-state index contributed by atoms with van der Waals surface area (Å²) in [5.41, 5.74) is 0.416. The number of aromatic nitrogens is 1. The molecule has 1 aliphatic rings. The predicted molar refractivity (Wildman–Crippen MR) is 60.7 cm³/mol. The number of nitrogens with zero attached hydrogens (tertiary/aromatic N) is 2. The average molecular weight is 238 g/mol. The van der Waals surface area contributed by atoms with Crippen molar-refractivity contribution >= 4 is 22.8 Å². The molecule has 0 saturated heterocycles. The van der Waals surface area contributed by atoms with Crippen LogP contribution in [0.5, 0.6) is 5.75 Å². The molecule has 16 heavy (non-hydrogen) atoms. The maximum absolute atomic E-state index is 11.3. The van der Waals surface area contributed by atoms with Crippen LogP contribution in [0.25, 0.3) is 0 Å². The molecule has 1 atom stereocenters. The lowest BCUT2D eigenvalue weighted by Crippen LogP contribution is -2.19. The SMILES string of the molecule is COC(=O)[C@@H]1CSC(c2ncccc2O)=N1. The van der Waals surface area contributed by atoms with E-state index in [0.717, 1.165) is 0 Å². The Morgan fingerprint density at radius 1 is 1.69 bits per heavy atom. The molecule has 0 spiro atoms. The van der Waals surface area contributed by atoms with Crippen molar-refractivity contribution in [2.75, 3.05) is 12.9 Å². The fraction of sp³-hybridized carbons (Fsp3) is 0.300. The van der Waals surface area contributed by atoms with Crippen molar-refractivity contribution in [3.05, 3.63) is 24.0 Å². The van der Waals surface area contributed by atoms with Crippen LogP contribution in [0.4, 0.5) is 0 Å². The van der Waals surface area contributed by atoms with Crippen molar-refractivity contribution < 1.29 is 14.6 Å². The maximum atomic E-state index is 11.3. The lowest BCUT2D eigenvalue weighted by atomic mass is 10.3. The maximum Gasteiger partial charge on any atom is 0.331 e. The van der Waals surface area contributed by atoms with E-state index in [1.807, 2.05) is 0 Å². The standard InChI is InChI=1S/C10H10N2O3S/c1-15-10(14)6-5-16-9(12-6)8-7(13)3-2-4-11-8/h2-4,6,13H,5H2,1H3/t6-/m0/s1. The van der Waals surface area contributed by atoms with Gasteiger partial charge in [-0.1, -0.05) is 0 Å². The summed E-state index contributed by atoms with van der Waals surface area (Å²) in [6.45, 7) is 0. The van der Waals surface area contributed by atoms with Crippen molar-refractivity contribution in [2.24, 2.45) is 4.99 Å². The number of methoxy groups -OCH3 is 1. The molecule has 0 aromatic carbocycles. The number of aromatic hydroxyl groups is 1. The molecule has 84 valence electrons. The molecule has 1 N–H and O–H groups in total. The van der Waals surface area contributed by atoms with Gasteiger partial charge in [0.05, 0.1) is 7.11 Å². The molecule has 0 saturated carbocycles. The topological polar surface area (TPSA) is 71.8 Å². The Kier molecular flexibility index (Phi) is 3.09. The van der Waals surface area contributed by atoms with Crippen LogP contribution in [-0.4, -0.2) is 40.0 Å². The zero-order valence-electron chi connectivity index (χ0n) is 8.58. The van der Waals surface area contributed by atoms with Crippen molar-refractivity contribution in [2.45, 2.75) is 6.04 Å². The van der Waals surface area contributed by atoms with E-state index >= 15 is 0 Å². The van der Waals surface area contributed by atoms with Gasteiger partial charge in [-0.3, -0.25) is 9.98 Å². The largest absolute Gasteiger partial charge is 0.506 e. The van der Waals surface area contributed by atoms with Gasteiger partial charge >= 0.3 is 5.97 Å². The second kappa shape index (κ2) is 4.52. The minimum atomic E-state index is -0.494. The zero-order valence-corrected chi connectivity index (χ0v) is 9.40. The Morgan fingerprint density at radius 3 is 3.19 bits per heavy atom. The third-order valence-corrected chi connectivity index (χ3v) is 3.17. The molecule has 0 fully saturated rings. The Balaban J connectivity index is 2.25. The molecule has 6 heteroatoms. The molecule has 2 heterocycles. The highest BCUT2D eigenvalue weighted by Crippen LogP contribution is 2.27. The Morgan fingerprint density at radius 2 is 2.50 bits per heavy atom. The van der Waals surface area contributed by atoms with Crippen LogP contribution in [0.1, 0.15) is 5.69 Å². The third-order valence-electron chi connectivity index (χ3n) is 2.11. The molecule has 1 aromatic heterocycles. The van der Waals surface area contributed by atoms with E-state index < -0.39 is 6.04 Å². The first-order chi connectivity index (χ1) is 7.72. The van der Waals surface area contributed by atoms with E-state index in [1.54, 1.807) is 12.3 Å². The van der Waals surface area contributed by atoms with Crippen LogP contribution in [0.3, 0.4) is 0 Å². The van der Waals surface area contributed by atoms with Crippen molar-refractivity contribution in [3.63, 3.8) is 0 Å². The van der Waals surface area contributed by atoms with Crippen LogP contribution in [0.2, 0.25) is 0 Å². The molecule has 5 nitrogen and oxygen atoms in total. The Bertz CT molecular complexity index is 447. The highest BCUT2D eigenvalue weighted by molar-refractivity contribution is 8.14. The predicted octanol–water partition coefficient (Wildman–Crippen LogP) is 0.822. The minimum absolute atomic E-state index is 0.0688. The van der Waals surface area contributed by atoms with Crippen molar-refractivity contribution in [1.29, 1.82) is 0 Å². The summed E-state index contributed by atoms with van der Waals surface area (Å²) in [6.07, 6.45) is 1.57. The fourth-order valence-corrected chi connectivity index (χ4v) is 2.34. The van der Waals surface area contributed by atoms with E-state index in [4.69, 9.17) is 0 Å². The van der Waals surface area contributed by atoms with Gasteiger partial charge in [-0.15, -0.1) is 11.8 Å². The molecular weight excluding hydrogens is 228 g/mol. The number of carbonyl (C=O) groups is 1. The summed E-state index contributed by atoms with van der Waals surface area (Å²) in [4.78, 5) is 19.4. The van der Waals surface area contributed by atoms with Gasteiger partial charge in [0.25, 0.3) is 0 Å². The molecule has 0 aliphatic carbocycles. The summed E-state index contributed by atoms with van der Waals surface area (Å²) in [6, 6.07) is 2.68. The highest BCUT2D eigenvalue weighted by atomic mass is 32.2. The number of thioether (sulfide) groups is 1. The number of pyridine rings is 1. The number of carbonyl (C=O) groups excluding carboxylic acids is 1. The van der Waals surface area contributed by atoms with Crippen LogP contribution in [-0.2, 0) is 9.53 Å². The third kappa shape index (κ3) is 2.01. The monoisotopic (exact) mass is 238 g/mol. The number of esters is 1. The molecule has 0 bridgehead atoms. The van der Waals surface area contributed by atoms with E-state index in [-0.39, 0.29) is 11.7 Å². The van der Waals surface area contributed by atoms with Gasteiger partial charge in [0.15, 0.2) is 6.04 Å². The Labute approximate surface area is 96.6 Å². The number of ether oxygens (including phenoxy) is 1. The number of hydrogen-bond donors (Lipinski definition) is 1. The second-order valence-electron chi connectivity index (χ2n) is 3.16. The Hall–Kier alpha value is -1.56. The van der Waals surface area contributed by atoms with Crippen LogP contribution in [0.15, 0.2) is 23.3 Å². The molecule has 0 radical (unpaired) electrons. The summed E-state index contributed by atoms with van der Waals surface area (Å²) in [5.74, 6) is 0.232. The van der Waals surface area contributed by atoms with Crippen LogP contribution < -0.4 is 0 Å². The molecule has 0 amide bonds. The summed E-state index contributed by atoms with van der Waals surface area (Å²) in [7, 11) is 1.33. The van der Waals surface area contributed by atoms with Gasteiger partial charge in [0.1, 0.15) is 16.5 Å². The number of aliphatic imine (C=N–C) groups is 1. The summed E-state index contributed by atoms with van der Waals surface area (Å²) >= 11 is 1.39. The smallest absolute Gasteiger partial charge is 0.331 e. The van der Waals surface area contributed by atoms with Gasteiger partial charge in [-0.25, -0.2) is 4.79 Å². The quantitative estimate of drug-likeness (QED) is 0.772. The minimum Gasteiger partial charge on any atom is -0.506 e. The molecule has 0 unspecified atom stereocenters. The average Bonchev–Trinajstić information content (AvgIpc) is 2.78. The van der Waals surface area contributed by atoms with Gasteiger partial charge in [-0.05, 0) is 12.1 Å². The molecule has 2 rings (SSSR count). The van der Waals surface area contributed by atoms with E-state index in [2.05, 4.69) is 14.7 Å². The second-order valence-corrected chi connectivity index (χ2v) is 4.16. The normalized spacial score (nSPS) is 19.3. The van der Waals surface area contributed by atoms with E-state index in [9.17, 15) is 9.90 Å². The lowest BCUT2D eigenvalue weighted by molar-refractivity contribution is -0.141. The van der Waals surface area contributed by atoms with Crippen molar-refractivity contribution in [3.8, 4) is 5.75 Å². The lowest BCUT2D eigenvalue weighted by Gasteiger charge is -2.01. The zero-order chi connectivity index (χ0) is 11.5.